The van der Waals surface area contributed by atoms with Gasteiger partial charge in [-0.25, -0.2) is 4.99 Å². The van der Waals surface area contributed by atoms with Crippen LogP contribution in [0.3, 0.4) is 0 Å². The summed E-state index contributed by atoms with van der Waals surface area (Å²) in [5.41, 5.74) is 7.74. The summed E-state index contributed by atoms with van der Waals surface area (Å²) in [6, 6.07) is 8.05. The Morgan fingerprint density at radius 1 is 1.09 bits per heavy atom. The number of benzene rings is 1. The molecule has 1 heterocycles. The van der Waals surface area contributed by atoms with E-state index in [0.717, 1.165) is 56.1 Å². The van der Waals surface area contributed by atoms with Crippen LogP contribution in [-0.4, -0.2) is 28.2 Å². The molecule has 6 heteroatoms. The Bertz CT molecular complexity index is 799. The number of aliphatic imine (C=N–C) groups is 1. The van der Waals surface area contributed by atoms with Crippen LogP contribution in [0.1, 0.15) is 95.6 Å². The fourth-order valence-corrected chi connectivity index (χ4v) is 5.03. The highest BCUT2D eigenvalue weighted by Crippen LogP contribution is 2.42. The molecular formula is C26H40N4O2. The minimum Gasteiger partial charge on any atom is -0.369 e. The van der Waals surface area contributed by atoms with Crippen LogP contribution in [-0.2, 0) is 22.7 Å². The zero-order chi connectivity index (χ0) is 23.0. The molecule has 1 aliphatic heterocycles. The zero-order valence-electron chi connectivity index (χ0n) is 19.9. The van der Waals surface area contributed by atoms with Crippen LogP contribution in [0, 0.1) is 5.92 Å². The number of nitrogens with two attached hydrogens (primary N) is 1. The van der Waals surface area contributed by atoms with E-state index in [9.17, 15) is 9.59 Å². The van der Waals surface area contributed by atoms with Crippen molar-refractivity contribution in [1.29, 1.82) is 0 Å². The zero-order valence-corrected chi connectivity index (χ0v) is 19.9. The third-order valence-electron chi connectivity index (χ3n) is 7.01. The van der Waals surface area contributed by atoms with Gasteiger partial charge < -0.3 is 11.1 Å². The molecule has 0 aromatic heterocycles. The molecule has 1 fully saturated rings. The van der Waals surface area contributed by atoms with Gasteiger partial charge in [0.2, 0.25) is 5.91 Å². The first-order valence-corrected chi connectivity index (χ1v) is 12.5. The highest BCUT2D eigenvalue weighted by molar-refractivity contribution is 6.07. The van der Waals surface area contributed by atoms with Crippen LogP contribution in [0.2, 0.25) is 0 Å². The maximum Gasteiger partial charge on any atom is 0.257 e. The Morgan fingerprint density at radius 2 is 1.75 bits per heavy atom. The molecule has 1 aliphatic carbocycles. The molecular weight excluding hydrogens is 400 g/mol. The quantitative estimate of drug-likeness (QED) is 0.525. The number of amides is 2. The third-order valence-corrected chi connectivity index (χ3v) is 7.01. The van der Waals surface area contributed by atoms with Gasteiger partial charge in [0.1, 0.15) is 5.54 Å². The average Bonchev–Trinajstić information content (AvgIpc) is 3.06. The van der Waals surface area contributed by atoms with Gasteiger partial charge in [-0.15, -0.1) is 0 Å². The molecule has 2 aliphatic rings. The van der Waals surface area contributed by atoms with Gasteiger partial charge in [-0.2, -0.15) is 0 Å². The Morgan fingerprint density at radius 3 is 2.41 bits per heavy atom. The standard InChI is InChI=1S/C26H40N4O2/c1-3-5-12-23(31)28-18-20-13-15-21(16-14-20)19-30-24(32)26(17-6-4-2,29-25(30)27)22-10-8-7-9-11-22/h13-16,22H,3-12,17-19H2,1-2H3,(H2,27,29)(H,28,31). The summed E-state index contributed by atoms with van der Waals surface area (Å²) in [6.45, 7) is 5.21. The topological polar surface area (TPSA) is 87.8 Å². The Hall–Kier alpha value is -2.37. The van der Waals surface area contributed by atoms with Crippen molar-refractivity contribution in [3.8, 4) is 0 Å². The summed E-state index contributed by atoms with van der Waals surface area (Å²) >= 11 is 0. The second kappa shape index (κ2) is 11.5. The lowest BCUT2D eigenvalue weighted by molar-refractivity contribution is -0.134. The molecule has 1 atom stereocenters. The number of nitrogens with zero attached hydrogens (tertiary/aromatic N) is 2. The predicted molar refractivity (Wildman–Crippen MR) is 129 cm³/mol. The molecule has 6 nitrogen and oxygen atoms in total. The molecule has 0 bridgehead atoms. The van der Waals surface area contributed by atoms with Crippen molar-refractivity contribution in [2.24, 2.45) is 16.6 Å². The van der Waals surface area contributed by atoms with E-state index >= 15 is 0 Å². The second-order valence-electron chi connectivity index (χ2n) is 9.42. The van der Waals surface area contributed by atoms with Crippen molar-refractivity contribution in [2.75, 3.05) is 0 Å². The van der Waals surface area contributed by atoms with Gasteiger partial charge in [-0.3, -0.25) is 14.5 Å². The van der Waals surface area contributed by atoms with E-state index in [0.29, 0.717) is 31.4 Å². The van der Waals surface area contributed by atoms with Crippen molar-refractivity contribution in [2.45, 2.75) is 103 Å². The van der Waals surface area contributed by atoms with E-state index in [1.165, 1.54) is 19.3 Å². The molecule has 3 N–H and O–H groups in total. The fourth-order valence-electron chi connectivity index (χ4n) is 5.03. The first-order chi connectivity index (χ1) is 15.5. The Labute approximate surface area is 193 Å². The van der Waals surface area contributed by atoms with Crippen LogP contribution in [0.25, 0.3) is 0 Å². The maximum atomic E-state index is 13.7. The number of unbranched alkanes of at least 4 members (excludes halogenated alkanes) is 2. The second-order valence-corrected chi connectivity index (χ2v) is 9.42. The number of guanidine groups is 1. The maximum absolute atomic E-state index is 13.7. The molecule has 1 saturated carbocycles. The van der Waals surface area contributed by atoms with Crippen molar-refractivity contribution in [1.82, 2.24) is 10.2 Å². The van der Waals surface area contributed by atoms with E-state index in [4.69, 9.17) is 10.7 Å². The highest BCUT2D eigenvalue weighted by Gasteiger charge is 2.52. The lowest BCUT2D eigenvalue weighted by atomic mass is 9.72. The monoisotopic (exact) mass is 440 g/mol. The molecule has 0 saturated heterocycles. The normalized spacial score (nSPS) is 21.6. The van der Waals surface area contributed by atoms with Gasteiger partial charge in [0.15, 0.2) is 5.96 Å². The van der Waals surface area contributed by atoms with Gasteiger partial charge in [0.05, 0.1) is 6.54 Å². The molecule has 0 spiro atoms. The van der Waals surface area contributed by atoms with Gasteiger partial charge in [-0.1, -0.05) is 76.6 Å². The van der Waals surface area contributed by atoms with E-state index in [-0.39, 0.29) is 11.8 Å². The summed E-state index contributed by atoms with van der Waals surface area (Å²) in [5.74, 6) is 0.845. The highest BCUT2D eigenvalue weighted by atomic mass is 16.2. The van der Waals surface area contributed by atoms with Crippen LogP contribution in [0.4, 0.5) is 0 Å². The summed E-state index contributed by atoms with van der Waals surface area (Å²) in [5, 5.41) is 2.96. The summed E-state index contributed by atoms with van der Waals surface area (Å²) in [4.78, 5) is 32.0. The lowest BCUT2D eigenvalue weighted by Gasteiger charge is -2.36. The van der Waals surface area contributed by atoms with Gasteiger partial charge >= 0.3 is 0 Å². The first kappa shape index (κ1) is 24.3. The predicted octanol–water partition coefficient (Wildman–Crippen LogP) is 4.66. The minimum absolute atomic E-state index is 0.0858. The SMILES string of the molecule is CCCCC(=O)NCc1ccc(CN2C(=O)C(CCCC)(C3CCCCC3)N=C2N)cc1. The number of hydrogen-bond donors (Lipinski definition) is 2. The molecule has 1 aromatic rings. The lowest BCUT2D eigenvalue weighted by Crippen LogP contribution is -2.48. The Balaban J connectivity index is 1.65. The molecule has 1 unspecified atom stereocenters. The number of hydrogen-bond acceptors (Lipinski definition) is 4. The molecule has 3 rings (SSSR count). The number of carbonyl (C=O) groups excluding carboxylic acids is 2. The molecule has 32 heavy (non-hydrogen) atoms. The van der Waals surface area contributed by atoms with Gasteiger partial charge in [0, 0.05) is 13.0 Å². The van der Waals surface area contributed by atoms with E-state index in [2.05, 4.69) is 19.2 Å². The van der Waals surface area contributed by atoms with Crippen LogP contribution in [0.5, 0.6) is 0 Å². The van der Waals surface area contributed by atoms with Gasteiger partial charge in [0.25, 0.3) is 5.91 Å². The van der Waals surface area contributed by atoms with Crippen LogP contribution in [0.15, 0.2) is 29.3 Å². The van der Waals surface area contributed by atoms with Crippen molar-refractivity contribution < 1.29 is 9.59 Å². The number of carbonyl (C=O) groups is 2. The summed E-state index contributed by atoms with van der Waals surface area (Å²) < 4.78 is 0. The van der Waals surface area contributed by atoms with Crippen molar-refractivity contribution in [3.05, 3.63) is 35.4 Å². The first-order valence-electron chi connectivity index (χ1n) is 12.5. The smallest absolute Gasteiger partial charge is 0.257 e. The molecule has 2 amide bonds. The minimum atomic E-state index is -0.663. The summed E-state index contributed by atoms with van der Waals surface area (Å²) in [7, 11) is 0. The van der Waals surface area contributed by atoms with E-state index in [1.54, 1.807) is 4.90 Å². The van der Waals surface area contributed by atoms with E-state index in [1.807, 2.05) is 24.3 Å². The molecule has 1 aromatic carbocycles. The average molecular weight is 441 g/mol. The largest absolute Gasteiger partial charge is 0.369 e. The van der Waals surface area contributed by atoms with Gasteiger partial charge in [-0.05, 0) is 42.7 Å². The van der Waals surface area contributed by atoms with E-state index < -0.39 is 5.54 Å². The van der Waals surface area contributed by atoms with Crippen LogP contribution < -0.4 is 11.1 Å². The third kappa shape index (κ3) is 5.70. The Kier molecular flexibility index (Phi) is 8.71. The number of rotatable bonds is 11. The fraction of sp³-hybridized carbons (Fsp3) is 0.654. The molecule has 176 valence electrons. The van der Waals surface area contributed by atoms with Crippen molar-refractivity contribution in [3.63, 3.8) is 0 Å². The molecule has 0 radical (unpaired) electrons. The van der Waals surface area contributed by atoms with Crippen LogP contribution >= 0.6 is 0 Å². The van der Waals surface area contributed by atoms with Crippen molar-refractivity contribution >= 4 is 17.8 Å². The number of nitrogens with one attached hydrogen (secondary N) is 1. The summed E-state index contributed by atoms with van der Waals surface area (Å²) in [6.07, 6.45) is 11.1.